The van der Waals surface area contributed by atoms with E-state index in [0.29, 0.717) is 5.56 Å². The van der Waals surface area contributed by atoms with Gasteiger partial charge < -0.3 is 20.3 Å². The molecule has 23 heavy (non-hydrogen) atoms. The van der Waals surface area contributed by atoms with Crippen molar-refractivity contribution in [1.82, 2.24) is 5.32 Å². The lowest BCUT2D eigenvalue weighted by Gasteiger charge is -2.30. The highest BCUT2D eigenvalue weighted by Crippen LogP contribution is 2.20. The van der Waals surface area contributed by atoms with Crippen molar-refractivity contribution in [2.45, 2.75) is 44.8 Å². The second-order valence-electron chi connectivity index (χ2n) is 6.25. The van der Waals surface area contributed by atoms with Gasteiger partial charge in [0.25, 0.3) is 0 Å². The monoisotopic (exact) mass is 323 g/mol. The van der Waals surface area contributed by atoms with Gasteiger partial charge in [0.2, 0.25) is 0 Å². The number of nitrogens with one attached hydrogen (secondary N) is 1. The minimum Gasteiger partial charge on any atom is -0.481 e. The van der Waals surface area contributed by atoms with Crippen molar-refractivity contribution in [1.29, 1.82) is 0 Å². The van der Waals surface area contributed by atoms with E-state index in [0.717, 1.165) is 0 Å². The fourth-order valence-corrected chi connectivity index (χ4v) is 2.06. The molecule has 0 saturated heterocycles. The number of carboxylic acids is 2. The molecule has 0 spiro atoms. The third-order valence-electron chi connectivity index (χ3n) is 2.95. The number of amides is 1. The van der Waals surface area contributed by atoms with Crippen molar-refractivity contribution in [3.8, 4) is 0 Å². The zero-order valence-electron chi connectivity index (χ0n) is 13.3. The van der Waals surface area contributed by atoms with Gasteiger partial charge in [0.05, 0.1) is 6.42 Å². The first kappa shape index (κ1) is 18.5. The van der Waals surface area contributed by atoms with Crippen LogP contribution in [-0.4, -0.2) is 39.4 Å². The van der Waals surface area contributed by atoms with Gasteiger partial charge >= 0.3 is 18.0 Å². The van der Waals surface area contributed by atoms with Crippen LogP contribution in [0.25, 0.3) is 0 Å². The van der Waals surface area contributed by atoms with E-state index in [1.54, 1.807) is 51.1 Å². The average molecular weight is 323 g/mol. The molecule has 0 unspecified atom stereocenters. The minimum absolute atomic E-state index is 0.172. The molecule has 1 aromatic carbocycles. The Morgan fingerprint density at radius 3 is 2.09 bits per heavy atom. The van der Waals surface area contributed by atoms with Crippen LogP contribution >= 0.6 is 0 Å². The summed E-state index contributed by atoms with van der Waals surface area (Å²) in [7, 11) is 0. The van der Waals surface area contributed by atoms with Crippen LogP contribution in [0.5, 0.6) is 0 Å². The highest BCUT2D eigenvalue weighted by molar-refractivity contribution is 5.89. The van der Waals surface area contributed by atoms with Gasteiger partial charge in [-0.1, -0.05) is 30.3 Å². The van der Waals surface area contributed by atoms with E-state index in [9.17, 15) is 19.5 Å². The van der Waals surface area contributed by atoms with Crippen molar-refractivity contribution in [2.75, 3.05) is 0 Å². The molecule has 1 aromatic rings. The van der Waals surface area contributed by atoms with Crippen molar-refractivity contribution in [3.05, 3.63) is 35.9 Å². The number of alkyl carbamates (subject to hydrolysis) is 1. The Morgan fingerprint density at radius 2 is 1.65 bits per heavy atom. The standard InChI is InChI=1S/C16H21NO6/c1-15(2,3)23-14(22)17-16(13(20)21,10-12(18)19)9-11-7-5-4-6-8-11/h4-8H,9-10H2,1-3H3,(H,17,22)(H,18,19)(H,20,21)/t16-/m0/s1. The molecular formula is C16H21NO6. The number of carbonyl (C=O) groups is 3. The number of rotatable bonds is 6. The number of aliphatic carboxylic acids is 2. The molecule has 126 valence electrons. The molecule has 1 atom stereocenters. The minimum atomic E-state index is -1.99. The van der Waals surface area contributed by atoms with Crippen LogP contribution in [0.4, 0.5) is 4.79 Å². The number of ether oxygens (including phenoxy) is 1. The predicted molar refractivity (Wildman–Crippen MR) is 82.1 cm³/mol. The van der Waals surface area contributed by atoms with Crippen LogP contribution in [0.1, 0.15) is 32.8 Å². The van der Waals surface area contributed by atoms with Gasteiger partial charge in [-0.2, -0.15) is 0 Å². The maximum absolute atomic E-state index is 12.0. The summed E-state index contributed by atoms with van der Waals surface area (Å²) < 4.78 is 5.06. The molecular weight excluding hydrogens is 302 g/mol. The molecule has 7 heteroatoms. The summed E-state index contributed by atoms with van der Waals surface area (Å²) >= 11 is 0. The molecule has 0 fully saturated rings. The van der Waals surface area contributed by atoms with E-state index >= 15 is 0 Å². The van der Waals surface area contributed by atoms with Gasteiger partial charge in [-0.05, 0) is 26.3 Å². The van der Waals surface area contributed by atoms with Crippen LogP contribution in [0.2, 0.25) is 0 Å². The summed E-state index contributed by atoms with van der Waals surface area (Å²) in [6, 6.07) is 8.49. The van der Waals surface area contributed by atoms with Crippen molar-refractivity contribution < 1.29 is 29.3 Å². The molecule has 1 amide bonds. The molecule has 0 saturated carbocycles. The van der Waals surface area contributed by atoms with Crippen LogP contribution in [0.15, 0.2) is 30.3 Å². The molecule has 7 nitrogen and oxygen atoms in total. The summed E-state index contributed by atoms with van der Waals surface area (Å²) in [5, 5.41) is 20.8. The quantitative estimate of drug-likeness (QED) is 0.738. The lowest BCUT2D eigenvalue weighted by molar-refractivity contribution is -0.151. The number of hydrogen-bond acceptors (Lipinski definition) is 4. The molecule has 0 bridgehead atoms. The van der Waals surface area contributed by atoms with Gasteiger partial charge in [0, 0.05) is 6.42 Å². The van der Waals surface area contributed by atoms with Crippen LogP contribution in [0, 0.1) is 0 Å². The Kier molecular flexibility index (Phi) is 5.73. The van der Waals surface area contributed by atoms with Crippen LogP contribution < -0.4 is 5.32 Å². The maximum Gasteiger partial charge on any atom is 0.408 e. The Hall–Kier alpha value is -2.57. The first-order chi connectivity index (χ1) is 10.5. The van der Waals surface area contributed by atoms with Crippen molar-refractivity contribution >= 4 is 18.0 Å². The zero-order chi connectivity index (χ0) is 17.7. The number of carbonyl (C=O) groups excluding carboxylic acids is 1. The summed E-state index contributed by atoms with van der Waals surface area (Å²) in [6.07, 6.45) is -1.91. The molecule has 0 aliphatic rings. The van der Waals surface area contributed by atoms with Gasteiger partial charge in [-0.15, -0.1) is 0 Å². The number of benzene rings is 1. The summed E-state index contributed by atoms with van der Waals surface area (Å²) in [4.78, 5) is 34.8. The summed E-state index contributed by atoms with van der Waals surface area (Å²) in [5.74, 6) is -2.77. The Bertz CT molecular complexity index is 578. The van der Waals surface area contributed by atoms with E-state index in [-0.39, 0.29) is 6.42 Å². The van der Waals surface area contributed by atoms with E-state index in [2.05, 4.69) is 5.32 Å². The molecule has 1 rings (SSSR count). The predicted octanol–water partition coefficient (Wildman–Crippen LogP) is 2.05. The largest absolute Gasteiger partial charge is 0.481 e. The molecule has 0 aromatic heterocycles. The van der Waals surface area contributed by atoms with E-state index in [4.69, 9.17) is 9.84 Å². The average Bonchev–Trinajstić information content (AvgIpc) is 2.36. The summed E-state index contributed by atoms with van der Waals surface area (Å²) in [5.41, 5.74) is -2.23. The fraction of sp³-hybridized carbons (Fsp3) is 0.438. The topological polar surface area (TPSA) is 113 Å². The normalized spacial score (nSPS) is 13.7. The lowest BCUT2D eigenvalue weighted by atomic mass is 9.87. The highest BCUT2D eigenvalue weighted by Gasteiger charge is 2.43. The molecule has 0 aliphatic heterocycles. The van der Waals surface area contributed by atoms with E-state index in [1.807, 2.05) is 0 Å². The third kappa shape index (κ3) is 5.98. The Labute approximate surface area is 134 Å². The van der Waals surface area contributed by atoms with Gasteiger partial charge in [-0.25, -0.2) is 9.59 Å². The SMILES string of the molecule is CC(C)(C)OC(=O)N[C@](CC(=O)O)(Cc1ccccc1)C(=O)O. The second-order valence-corrected chi connectivity index (χ2v) is 6.25. The fourth-order valence-electron chi connectivity index (χ4n) is 2.06. The van der Waals surface area contributed by atoms with Crippen molar-refractivity contribution in [3.63, 3.8) is 0 Å². The number of hydrogen-bond donors (Lipinski definition) is 3. The Balaban J connectivity index is 3.10. The first-order valence-electron chi connectivity index (χ1n) is 7.04. The van der Waals surface area contributed by atoms with Gasteiger partial charge in [0.1, 0.15) is 5.60 Å². The van der Waals surface area contributed by atoms with E-state index < -0.39 is 35.6 Å². The first-order valence-corrected chi connectivity index (χ1v) is 7.04. The molecule has 0 radical (unpaired) electrons. The van der Waals surface area contributed by atoms with Crippen LogP contribution in [0.3, 0.4) is 0 Å². The van der Waals surface area contributed by atoms with Gasteiger partial charge in [-0.3, -0.25) is 4.79 Å². The highest BCUT2D eigenvalue weighted by atomic mass is 16.6. The van der Waals surface area contributed by atoms with Gasteiger partial charge in [0.15, 0.2) is 5.54 Å². The zero-order valence-corrected chi connectivity index (χ0v) is 13.3. The second kappa shape index (κ2) is 7.13. The Morgan fingerprint density at radius 1 is 1.09 bits per heavy atom. The summed E-state index contributed by atoms with van der Waals surface area (Å²) in [6.45, 7) is 4.89. The third-order valence-corrected chi connectivity index (χ3v) is 2.95. The number of carboxylic acid groups (broad SMARTS) is 2. The smallest absolute Gasteiger partial charge is 0.408 e. The van der Waals surface area contributed by atoms with Crippen molar-refractivity contribution in [2.24, 2.45) is 0 Å². The molecule has 3 N–H and O–H groups in total. The molecule has 0 aliphatic carbocycles. The van der Waals surface area contributed by atoms with Crippen LogP contribution in [-0.2, 0) is 20.7 Å². The van der Waals surface area contributed by atoms with E-state index in [1.165, 1.54) is 0 Å². The lowest BCUT2D eigenvalue weighted by Crippen LogP contribution is -2.58. The maximum atomic E-state index is 12.0. The molecule has 0 heterocycles.